The average Bonchev–Trinajstić information content (AvgIpc) is 3.25. The normalized spacial score (nSPS) is 24.4. The van der Waals surface area contributed by atoms with Crippen LogP contribution in [0, 0.1) is 11.3 Å². The highest BCUT2D eigenvalue weighted by molar-refractivity contribution is 5.87. The zero-order chi connectivity index (χ0) is 19.7. The smallest absolute Gasteiger partial charge is 0.268 e. The molecule has 0 spiro atoms. The minimum atomic E-state index is -2.99. The molecule has 2 aliphatic heterocycles. The molecular formula is C20H20F2N4O2. The van der Waals surface area contributed by atoms with Gasteiger partial charge in [-0.3, -0.25) is 14.7 Å². The van der Waals surface area contributed by atoms with Gasteiger partial charge >= 0.3 is 0 Å². The van der Waals surface area contributed by atoms with Gasteiger partial charge in [0.15, 0.2) is 0 Å². The van der Waals surface area contributed by atoms with Gasteiger partial charge in [-0.2, -0.15) is 5.26 Å². The minimum Gasteiger partial charge on any atom is -0.488 e. The number of aromatic nitrogens is 1. The molecule has 1 amide bonds. The Labute approximate surface area is 161 Å². The van der Waals surface area contributed by atoms with Gasteiger partial charge in [0, 0.05) is 42.7 Å². The highest BCUT2D eigenvalue weighted by Crippen LogP contribution is 2.32. The zero-order valence-electron chi connectivity index (χ0n) is 15.2. The van der Waals surface area contributed by atoms with Crippen LogP contribution in [-0.2, 0) is 4.79 Å². The second kappa shape index (κ2) is 7.32. The topological polar surface area (TPSA) is 69.5 Å². The summed E-state index contributed by atoms with van der Waals surface area (Å²) in [5, 5.41) is 11.0. The fourth-order valence-corrected chi connectivity index (χ4v) is 3.89. The maximum absolute atomic E-state index is 13.6. The number of rotatable bonds is 4. The predicted molar refractivity (Wildman–Crippen MR) is 97.9 cm³/mol. The van der Waals surface area contributed by atoms with Gasteiger partial charge in [-0.15, -0.1) is 0 Å². The standard InChI is InChI=1S/C20H20F2N4O2/c21-20(22)8-15(9-23)26(13-20)19(27)12-25-7-5-16(11-25)28-18-3-1-2-14-10-24-6-4-17(14)18/h1-4,6,10,15-16H,5,7-8,11-13H2/t15?,16-/m0/s1. The molecule has 0 saturated carbocycles. The van der Waals surface area contributed by atoms with Gasteiger partial charge in [0.1, 0.15) is 17.9 Å². The van der Waals surface area contributed by atoms with Crippen molar-refractivity contribution in [3.8, 4) is 11.8 Å². The molecule has 28 heavy (non-hydrogen) atoms. The van der Waals surface area contributed by atoms with E-state index in [0.29, 0.717) is 13.1 Å². The molecule has 0 bridgehead atoms. The number of carbonyl (C=O) groups excluding carboxylic acids is 1. The van der Waals surface area contributed by atoms with E-state index in [2.05, 4.69) is 4.98 Å². The number of hydrogen-bond donors (Lipinski definition) is 0. The van der Waals surface area contributed by atoms with E-state index in [-0.39, 0.29) is 12.6 Å². The van der Waals surface area contributed by atoms with E-state index in [0.717, 1.165) is 27.8 Å². The molecule has 0 radical (unpaired) electrons. The fourth-order valence-electron chi connectivity index (χ4n) is 3.89. The van der Waals surface area contributed by atoms with Crippen molar-refractivity contribution in [2.75, 3.05) is 26.2 Å². The van der Waals surface area contributed by atoms with Crippen LogP contribution in [0.4, 0.5) is 8.78 Å². The van der Waals surface area contributed by atoms with E-state index in [4.69, 9.17) is 10.00 Å². The van der Waals surface area contributed by atoms with Crippen molar-refractivity contribution in [1.29, 1.82) is 5.26 Å². The average molecular weight is 386 g/mol. The summed E-state index contributed by atoms with van der Waals surface area (Å²) in [4.78, 5) is 19.5. The lowest BCUT2D eigenvalue weighted by atomic mass is 10.1. The van der Waals surface area contributed by atoms with Crippen molar-refractivity contribution in [1.82, 2.24) is 14.8 Å². The number of hydrogen-bond acceptors (Lipinski definition) is 5. The van der Waals surface area contributed by atoms with Crippen molar-refractivity contribution in [3.05, 3.63) is 36.7 Å². The van der Waals surface area contributed by atoms with E-state index < -0.39 is 30.8 Å². The third kappa shape index (κ3) is 3.76. The summed E-state index contributed by atoms with van der Waals surface area (Å²) in [5.74, 6) is -2.65. The van der Waals surface area contributed by atoms with E-state index >= 15 is 0 Å². The number of alkyl halides is 2. The van der Waals surface area contributed by atoms with Crippen LogP contribution in [0.1, 0.15) is 12.8 Å². The van der Waals surface area contributed by atoms with Gasteiger partial charge < -0.3 is 9.64 Å². The molecule has 2 aliphatic rings. The highest BCUT2D eigenvalue weighted by Gasteiger charge is 2.47. The summed E-state index contributed by atoms with van der Waals surface area (Å²) >= 11 is 0. The summed E-state index contributed by atoms with van der Waals surface area (Å²) < 4.78 is 33.2. The van der Waals surface area contributed by atoms with Gasteiger partial charge in [-0.05, 0) is 18.6 Å². The minimum absolute atomic E-state index is 0.0214. The molecule has 8 heteroatoms. The van der Waals surface area contributed by atoms with Crippen LogP contribution in [0.3, 0.4) is 0 Å². The van der Waals surface area contributed by atoms with Crippen LogP contribution in [0.15, 0.2) is 36.7 Å². The molecule has 2 saturated heterocycles. The maximum atomic E-state index is 13.6. The lowest BCUT2D eigenvalue weighted by molar-refractivity contribution is -0.133. The molecule has 146 valence electrons. The summed E-state index contributed by atoms with van der Waals surface area (Å²) in [6.07, 6.45) is 3.56. The molecule has 3 heterocycles. The van der Waals surface area contributed by atoms with E-state index in [1.165, 1.54) is 0 Å². The van der Waals surface area contributed by atoms with Crippen molar-refractivity contribution in [2.45, 2.75) is 30.9 Å². The quantitative estimate of drug-likeness (QED) is 0.807. The number of ether oxygens (including phenoxy) is 1. The second-order valence-corrected chi connectivity index (χ2v) is 7.34. The number of fused-ring (bicyclic) bond motifs is 1. The van der Waals surface area contributed by atoms with Gasteiger partial charge in [0.25, 0.3) is 5.92 Å². The second-order valence-electron chi connectivity index (χ2n) is 7.34. The number of benzene rings is 1. The van der Waals surface area contributed by atoms with E-state index in [1.54, 1.807) is 12.4 Å². The predicted octanol–water partition coefficient (Wildman–Crippen LogP) is 2.45. The van der Waals surface area contributed by atoms with Crippen molar-refractivity contribution in [2.24, 2.45) is 0 Å². The first-order valence-electron chi connectivity index (χ1n) is 9.24. The van der Waals surface area contributed by atoms with Gasteiger partial charge in [0.2, 0.25) is 5.91 Å². The monoisotopic (exact) mass is 386 g/mol. The molecule has 1 unspecified atom stereocenters. The molecule has 4 rings (SSSR count). The summed E-state index contributed by atoms with van der Waals surface area (Å²) in [6.45, 7) is 0.522. The Hall–Kier alpha value is -2.79. The third-order valence-corrected chi connectivity index (χ3v) is 5.26. The van der Waals surface area contributed by atoms with Crippen LogP contribution in [0.2, 0.25) is 0 Å². The third-order valence-electron chi connectivity index (χ3n) is 5.26. The molecule has 6 nitrogen and oxygen atoms in total. The van der Waals surface area contributed by atoms with E-state index in [9.17, 15) is 13.6 Å². The Morgan fingerprint density at radius 1 is 1.39 bits per heavy atom. The van der Waals surface area contributed by atoms with Gasteiger partial charge in [-0.1, -0.05) is 12.1 Å². The molecule has 2 atom stereocenters. The van der Waals surface area contributed by atoms with Crippen LogP contribution in [0.25, 0.3) is 10.8 Å². The lowest BCUT2D eigenvalue weighted by Crippen LogP contribution is -2.42. The Balaban J connectivity index is 1.37. The molecule has 2 fully saturated rings. The summed E-state index contributed by atoms with van der Waals surface area (Å²) in [5.41, 5.74) is 0. The van der Waals surface area contributed by atoms with Crippen molar-refractivity contribution in [3.63, 3.8) is 0 Å². The lowest BCUT2D eigenvalue weighted by Gasteiger charge is -2.23. The number of pyridine rings is 1. The van der Waals surface area contributed by atoms with Crippen molar-refractivity contribution < 1.29 is 18.3 Å². The van der Waals surface area contributed by atoms with Crippen molar-refractivity contribution >= 4 is 16.7 Å². The zero-order valence-corrected chi connectivity index (χ0v) is 15.2. The van der Waals surface area contributed by atoms with Gasteiger partial charge in [0.05, 0.1) is 19.2 Å². The number of nitrogens with zero attached hydrogens (tertiary/aromatic N) is 4. The first-order valence-corrected chi connectivity index (χ1v) is 9.24. The largest absolute Gasteiger partial charge is 0.488 e. The summed E-state index contributed by atoms with van der Waals surface area (Å²) in [7, 11) is 0. The molecule has 0 aliphatic carbocycles. The number of likely N-dealkylation sites (tertiary alicyclic amines) is 2. The Morgan fingerprint density at radius 3 is 3.07 bits per heavy atom. The molecule has 0 N–H and O–H groups in total. The number of amides is 1. The molecule has 2 aromatic rings. The van der Waals surface area contributed by atoms with Crippen LogP contribution < -0.4 is 4.74 Å². The highest BCUT2D eigenvalue weighted by atomic mass is 19.3. The molecule has 1 aromatic heterocycles. The summed E-state index contributed by atoms with van der Waals surface area (Å²) in [6, 6.07) is 8.43. The number of nitriles is 1. The van der Waals surface area contributed by atoms with Crippen LogP contribution in [0.5, 0.6) is 5.75 Å². The van der Waals surface area contributed by atoms with Crippen LogP contribution >= 0.6 is 0 Å². The maximum Gasteiger partial charge on any atom is 0.268 e. The Kier molecular flexibility index (Phi) is 4.85. The SMILES string of the molecule is N#CC1CC(F)(F)CN1C(=O)CN1CC[C@H](Oc2cccc3cnccc23)C1. The number of carbonyl (C=O) groups is 1. The first kappa shape index (κ1) is 18.6. The molecular weight excluding hydrogens is 366 g/mol. The van der Waals surface area contributed by atoms with Gasteiger partial charge in [-0.25, -0.2) is 8.78 Å². The Bertz CT molecular complexity index is 925. The van der Waals surface area contributed by atoms with Crippen LogP contribution in [-0.4, -0.2) is 64.9 Å². The van der Waals surface area contributed by atoms with E-state index in [1.807, 2.05) is 35.2 Å². The fraction of sp³-hybridized carbons (Fsp3) is 0.450. The Morgan fingerprint density at radius 2 is 2.25 bits per heavy atom. The molecule has 1 aromatic carbocycles. The number of halogens is 2. The first-order chi connectivity index (χ1) is 13.4.